The molecule has 0 aliphatic rings. The number of rotatable bonds is 1. The van der Waals surface area contributed by atoms with Gasteiger partial charge in [-0.15, -0.1) is 0 Å². The summed E-state index contributed by atoms with van der Waals surface area (Å²) in [4.78, 5) is 6.35. The quantitative estimate of drug-likeness (QED) is 0.425. The Morgan fingerprint density at radius 3 is 2.33 bits per heavy atom. The van der Waals surface area contributed by atoms with Crippen LogP contribution in [0.1, 0.15) is 11.5 Å². The van der Waals surface area contributed by atoms with Crippen molar-refractivity contribution < 1.29 is 25.6 Å². The molecule has 0 unspecified atom stereocenters. The number of aryl methyl sites for hydroxylation is 2. The summed E-state index contributed by atoms with van der Waals surface area (Å²) in [6.07, 6.45) is 0. The van der Waals surface area contributed by atoms with Gasteiger partial charge in [-0.3, -0.25) is 0 Å². The van der Waals surface area contributed by atoms with E-state index in [1.165, 1.54) is 0 Å². The zero-order valence-electron chi connectivity index (χ0n) is 5.73. The predicted molar refractivity (Wildman–Crippen MR) is 30.6 cm³/mol. The van der Waals surface area contributed by atoms with E-state index in [2.05, 4.69) is 9.91 Å². The van der Waals surface area contributed by atoms with Crippen LogP contribution in [0.5, 0.6) is 0 Å². The minimum atomic E-state index is 0.0356. The molecule has 1 aromatic rings. The van der Waals surface area contributed by atoms with Gasteiger partial charge in [0.1, 0.15) is 0 Å². The second kappa shape index (κ2) is 2.68. The number of oxazole rings is 1. The molecule has 3 heteroatoms. The van der Waals surface area contributed by atoms with Gasteiger partial charge in [0.25, 0.3) is 0 Å². The van der Waals surface area contributed by atoms with Crippen LogP contribution in [-0.2, 0) is 0 Å². The summed E-state index contributed by atoms with van der Waals surface area (Å²) >= 11 is 0.0356. The summed E-state index contributed by atoms with van der Waals surface area (Å²) < 4.78 is 6.25. The van der Waals surface area contributed by atoms with Gasteiger partial charge in [-0.2, -0.15) is 0 Å². The number of halogens is 1. The summed E-state index contributed by atoms with van der Waals surface area (Å²) in [6.45, 7) is 3.92. The van der Waals surface area contributed by atoms with Gasteiger partial charge < -0.3 is 0 Å². The molecule has 0 atom stereocenters. The van der Waals surface area contributed by atoms with E-state index in [9.17, 15) is 0 Å². The fourth-order valence-corrected chi connectivity index (χ4v) is 1.67. The SMILES string of the molecule is C[I-]c1nc(C)c(C)o1. The van der Waals surface area contributed by atoms with Crippen LogP contribution in [0, 0.1) is 17.7 Å². The van der Waals surface area contributed by atoms with Gasteiger partial charge in [0.05, 0.1) is 0 Å². The average Bonchev–Trinajstić information content (AvgIpc) is 2.13. The van der Waals surface area contributed by atoms with Crippen LogP contribution < -0.4 is 21.2 Å². The maximum absolute atomic E-state index is 5.30. The van der Waals surface area contributed by atoms with Crippen LogP contribution >= 0.6 is 0 Å². The molecule has 1 heterocycles. The van der Waals surface area contributed by atoms with E-state index < -0.39 is 0 Å². The molecule has 0 spiro atoms. The van der Waals surface area contributed by atoms with Crippen LogP contribution in [0.15, 0.2) is 4.42 Å². The molecule has 0 bridgehead atoms. The Morgan fingerprint density at radius 2 is 2.11 bits per heavy atom. The van der Waals surface area contributed by atoms with Crippen molar-refractivity contribution in [1.82, 2.24) is 4.98 Å². The second-order valence-corrected chi connectivity index (χ2v) is 3.80. The summed E-state index contributed by atoms with van der Waals surface area (Å²) in [5.41, 5.74) is 1.03. The Kier molecular flexibility index (Phi) is 2.10. The third kappa shape index (κ3) is 1.44. The standard InChI is InChI=1S/C6H9INO/c1-4-5(2)9-6(7-3)8-4/h1-3H3/q-1. The third-order valence-electron chi connectivity index (χ3n) is 1.16. The fraction of sp³-hybridized carbons (Fsp3) is 0.500. The van der Waals surface area contributed by atoms with Crippen LogP contribution in [0.3, 0.4) is 0 Å². The number of nitrogens with zero attached hydrogens (tertiary/aromatic N) is 1. The van der Waals surface area contributed by atoms with Crippen molar-refractivity contribution in [2.24, 2.45) is 0 Å². The van der Waals surface area contributed by atoms with Crippen molar-refractivity contribution in [1.29, 1.82) is 0 Å². The Bertz CT molecular complexity index is 187. The first kappa shape index (κ1) is 7.05. The van der Waals surface area contributed by atoms with Crippen molar-refractivity contribution >= 4 is 0 Å². The zero-order valence-corrected chi connectivity index (χ0v) is 7.89. The molecular formula is C6H9INO-. The van der Waals surface area contributed by atoms with E-state index in [0.29, 0.717) is 0 Å². The van der Waals surface area contributed by atoms with E-state index in [1.807, 2.05) is 13.8 Å². The first-order valence-corrected chi connectivity index (χ1v) is 5.91. The normalized spacial score (nSPS) is 10.6. The number of aromatic nitrogens is 1. The van der Waals surface area contributed by atoms with Gasteiger partial charge >= 0.3 is 64.7 Å². The molecule has 2 nitrogen and oxygen atoms in total. The summed E-state index contributed by atoms with van der Waals surface area (Å²) in [7, 11) is 0. The Labute approximate surface area is 64.9 Å². The second-order valence-electron chi connectivity index (χ2n) is 1.80. The molecule has 0 radical (unpaired) electrons. The van der Waals surface area contributed by atoms with Gasteiger partial charge in [-0.1, -0.05) is 0 Å². The number of hydrogen-bond donors (Lipinski definition) is 0. The van der Waals surface area contributed by atoms with Gasteiger partial charge in [0.15, 0.2) is 0 Å². The molecule has 52 valence electrons. The molecule has 0 aliphatic heterocycles. The van der Waals surface area contributed by atoms with Crippen LogP contribution in [0.4, 0.5) is 0 Å². The van der Waals surface area contributed by atoms with E-state index in [1.54, 1.807) is 0 Å². The van der Waals surface area contributed by atoms with Crippen molar-refractivity contribution in [2.75, 3.05) is 4.93 Å². The number of hydrogen-bond acceptors (Lipinski definition) is 2. The molecule has 0 saturated carbocycles. The number of alkyl halides is 1. The van der Waals surface area contributed by atoms with Crippen LogP contribution in [-0.4, -0.2) is 9.91 Å². The predicted octanol–water partition coefficient (Wildman–Crippen LogP) is -1.82. The first-order valence-electron chi connectivity index (χ1n) is 2.67. The Morgan fingerprint density at radius 1 is 1.44 bits per heavy atom. The van der Waals surface area contributed by atoms with E-state index in [0.717, 1.165) is 15.4 Å². The monoisotopic (exact) mass is 238 g/mol. The molecule has 0 fully saturated rings. The molecule has 0 aliphatic carbocycles. The average molecular weight is 238 g/mol. The van der Waals surface area contributed by atoms with Gasteiger partial charge in [-0.25, -0.2) is 0 Å². The summed E-state index contributed by atoms with van der Waals surface area (Å²) in [5, 5.41) is 0. The van der Waals surface area contributed by atoms with Gasteiger partial charge in [0.2, 0.25) is 0 Å². The molecule has 0 N–H and O–H groups in total. The van der Waals surface area contributed by atoms with E-state index in [4.69, 9.17) is 4.42 Å². The maximum atomic E-state index is 5.30. The van der Waals surface area contributed by atoms with Crippen LogP contribution in [0.25, 0.3) is 0 Å². The molecule has 0 saturated heterocycles. The molecule has 0 amide bonds. The van der Waals surface area contributed by atoms with Crippen molar-refractivity contribution in [3.8, 4) is 0 Å². The molecular weight excluding hydrogens is 229 g/mol. The van der Waals surface area contributed by atoms with Crippen LogP contribution in [0.2, 0.25) is 0 Å². The fourth-order valence-electron chi connectivity index (χ4n) is 0.514. The topological polar surface area (TPSA) is 26.0 Å². The molecule has 9 heavy (non-hydrogen) atoms. The Balaban J connectivity index is 2.98. The molecule has 0 aromatic carbocycles. The van der Waals surface area contributed by atoms with Crippen molar-refractivity contribution in [3.63, 3.8) is 0 Å². The molecule has 1 rings (SSSR count). The molecule has 1 aromatic heterocycles. The van der Waals surface area contributed by atoms with Crippen molar-refractivity contribution in [2.45, 2.75) is 13.8 Å². The zero-order chi connectivity index (χ0) is 6.85. The van der Waals surface area contributed by atoms with Crippen molar-refractivity contribution in [3.05, 3.63) is 15.4 Å². The van der Waals surface area contributed by atoms with Gasteiger partial charge in [0, 0.05) is 0 Å². The third-order valence-corrected chi connectivity index (χ3v) is 2.55. The summed E-state index contributed by atoms with van der Waals surface area (Å²) in [6, 6.07) is 0. The first-order chi connectivity index (χ1) is 4.24. The van der Waals surface area contributed by atoms with E-state index >= 15 is 0 Å². The Hall–Kier alpha value is -0.0600. The summed E-state index contributed by atoms with van der Waals surface area (Å²) in [5.74, 6) is 0.964. The minimum absolute atomic E-state index is 0.0356. The van der Waals surface area contributed by atoms with E-state index in [-0.39, 0.29) is 21.2 Å². The van der Waals surface area contributed by atoms with Gasteiger partial charge in [-0.05, 0) is 0 Å².